The Morgan fingerprint density at radius 2 is 2.43 bits per heavy atom. The SMILES string of the molecule is CCOC[C@@H]1CCn2nccc2CN1C(=O)[C@H]1CCCS1. The second kappa shape index (κ2) is 6.83. The monoisotopic (exact) mass is 309 g/mol. The molecule has 6 heteroatoms. The third kappa shape index (κ3) is 3.26. The largest absolute Gasteiger partial charge is 0.380 e. The summed E-state index contributed by atoms with van der Waals surface area (Å²) in [6, 6.07) is 2.19. The molecule has 1 aromatic rings. The van der Waals surface area contributed by atoms with Gasteiger partial charge >= 0.3 is 0 Å². The Balaban J connectivity index is 1.78. The highest BCUT2D eigenvalue weighted by molar-refractivity contribution is 8.00. The number of carbonyl (C=O) groups is 1. The van der Waals surface area contributed by atoms with Crippen LogP contribution in [0.4, 0.5) is 0 Å². The predicted octanol–water partition coefficient (Wildman–Crippen LogP) is 1.92. The van der Waals surface area contributed by atoms with Crippen LogP contribution in [-0.4, -0.2) is 50.8 Å². The Labute approximate surface area is 130 Å². The summed E-state index contributed by atoms with van der Waals surface area (Å²) < 4.78 is 7.64. The number of aromatic nitrogens is 2. The molecule has 0 bridgehead atoms. The fourth-order valence-corrected chi connectivity index (χ4v) is 4.30. The van der Waals surface area contributed by atoms with Crippen LogP contribution in [-0.2, 0) is 22.6 Å². The average Bonchev–Trinajstić information content (AvgIpc) is 3.14. The molecule has 1 fully saturated rings. The summed E-state index contributed by atoms with van der Waals surface area (Å²) in [6.45, 7) is 4.85. The Bertz CT molecular complexity index is 485. The number of nitrogens with zero attached hydrogens (tertiary/aromatic N) is 3. The van der Waals surface area contributed by atoms with E-state index in [4.69, 9.17) is 4.74 Å². The van der Waals surface area contributed by atoms with Crippen LogP contribution in [0.1, 0.15) is 31.9 Å². The maximum atomic E-state index is 12.9. The van der Waals surface area contributed by atoms with Crippen LogP contribution in [0.3, 0.4) is 0 Å². The minimum Gasteiger partial charge on any atom is -0.380 e. The minimum atomic E-state index is 0.142. The van der Waals surface area contributed by atoms with Gasteiger partial charge in [-0.15, -0.1) is 11.8 Å². The van der Waals surface area contributed by atoms with Crippen LogP contribution in [0.15, 0.2) is 12.3 Å². The summed E-state index contributed by atoms with van der Waals surface area (Å²) in [6.07, 6.45) is 4.91. The van der Waals surface area contributed by atoms with Crippen molar-refractivity contribution in [1.82, 2.24) is 14.7 Å². The van der Waals surface area contributed by atoms with E-state index >= 15 is 0 Å². The molecule has 0 spiro atoms. The predicted molar refractivity (Wildman–Crippen MR) is 83.2 cm³/mol. The molecular formula is C15H23N3O2S. The lowest BCUT2D eigenvalue weighted by molar-refractivity contribution is -0.135. The molecule has 0 N–H and O–H groups in total. The highest BCUT2D eigenvalue weighted by Gasteiger charge is 2.34. The molecule has 0 aliphatic carbocycles. The molecule has 0 saturated carbocycles. The number of thioether (sulfide) groups is 1. The van der Waals surface area contributed by atoms with Gasteiger partial charge in [-0.2, -0.15) is 5.10 Å². The molecule has 3 rings (SSSR count). The second-order valence-corrected chi connectivity index (χ2v) is 6.93. The molecule has 1 aromatic heterocycles. The van der Waals surface area contributed by atoms with Crippen molar-refractivity contribution in [3.63, 3.8) is 0 Å². The molecule has 1 amide bonds. The maximum absolute atomic E-state index is 12.9. The fraction of sp³-hybridized carbons (Fsp3) is 0.733. The standard InChI is InChI=1S/C15H23N3O2S/c1-2-20-11-13-6-8-18-12(5-7-16-18)10-17(13)15(19)14-4-3-9-21-14/h5,7,13-14H,2-4,6,8-11H2,1H3/t13-,14+/m0/s1. The Morgan fingerprint density at radius 1 is 1.52 bits per heavy atom. The van der Waals surface area contributed by atoms with E-state index in [9.17, 15) is 4.79 Å². The van der Waals surface area contributed by atoms with Gasteiger partial charge in [0.1, 0.15) is 0 Å². The molecule has 0 aromatic carbocycles. The van der Waals surface area contributed by atoms with Gasteiger partial charge < -0.3 is 9.64 Å². The van der Waals surface area contributed by atoms with Gasteiger partial charge in [0.2, 0.25) is 5.91 Å². The number of rotatable bonds is 4. The zero-order chi connectivity index (χ0) is 14.7. The van der Waals surface area contributed by atoms with Crippen LogP contribution in [0.2, 0.25) is 0 Å². The first-order valence-electron chi connectivity index (χ1n) is 7.80. The first-order valence-corrected chi connectivity index (χ1v) is 8.85. The summed E-state index contributed by atoms with van der Waals surface area (Å²) >= 11 is 1.81. The first kappa shape index (κ1) is 14.9. The molecule has 116 valence electrons. The lowest BCUT2D eigenvalue weighted by Crippen LogP contribution is -2.45. The van der Waals surface area contributed by atoms with Gasteiger partial charge in [0.15, 0.2) is 0 Å². The molecule has 0 radical (unpaired) electrons. The lowest BCUT2D eigenvalue weighted by atomic mass is 10.1. The van der Waals surface area contributed by atoms with Crippen molar-refractivity contribution in [2.24, 2.45) is 0 Å². The van der Waals surface area contributed by atoms with Crippen molar-refractivity contribution in [1.29, 1.82) is 0 Å². The number of amides is 1. The number of carbonyl (C=O) groups excluding carboxylic acids is 1. The van der Waals surface area contributed by atoms with Gasteiger partial charge in [-0.25, -0.2) is 0 Å². The summed E-state index contributed by atoms with van der Waals surface area (Å²) in [4.78, 5) is 14.9. The summed E-state index contributed by atoms with van der Waals surface area (Å²) in [5.74, 6) is 1.40. The molecule has 5 nitrogen and oxygen atoms in total. The summed E-state index contributed by atoms with van der Waals surface area (Å²) in [5, 5.41) is 4.50. The van der Waals surface area contributed by atoms with E-state index in [1.165, 1.54) is 0 Å². The number of aryl methyl sites for hydroxylation is 1. The Morgan fingerprint density at radius 3 is 3.19 bits per heavy atom. The van der Waals surface area contributed by atoms with E-state index in [0.717, 1.165) is 37.3 Å². The van der Waals surface area contributed by atoms with E-state index < -0.39 is 0 Å². The van der Waals surface area contributed by atoms with Crippen molar-refractivity contribution in [3.8, 4) is 0 Å². The highest BCUT2D eigenvalue weighted by Crippen LogP contribution is 2.30. The Hall–Kier alpha value is -1.01. The number of hydrogen-bond donors (Lipinski definition) is 0. The van der Waals surface area contributed by atoms with E-state index in [2.05, 4.69) is 5.10 Å². The van der Waals surface area contributed by atoms with Crippen LogP contribution in [0, 0.1) is 0 Å². The zero-order valence-corrected chi connectivity index (χ0v) is 13.3. The van der Waals surface area contributed by atoms with Gasteiger partial charge in [-0.1, -0.05) is 0 Å². The number of hydrogen-bond acceptors (Lipinski definition) is 4. The van der Waals surface area contributed by atoms with Crippen LogP contribution >= 0.6 is 11.8 Å². The van der Waals surface area contributed by atoms with Crippen molar-refractivity contribution >= 4 is 17.7 Å². The van der Waals surface area contributed by atoms with Gasteiger partial charge in [0.05, 0.1) is 30.1 Å². The summed E-state index contributed by atoms with van der Waals surface area (Å²) in [7, 11) is 0. The Kier molecular flexibility index (Phi) is 4.85. The minimum absolute atomic E-state index is 0.142. The first-order chi connectivity index (χ1) is 10.3. The zero-order valence-electron chi connectivity index (χ0n) is 12.5. The molecular weight excluding hydrogens is 286 g/mol. The average molecular weight is 309 g/mol. The number of ether oxygens (including phenoxy) is 1. The molecule has 0 unspecified atom stereocenters. The molecule has 21 heavy (non-hydrogen) atoms. The van der Waals surface area contributed by atoms with Gasteiger partial charge in [0.25, 0.3) is 0 Å². The van der Waals surface area contributed by atoms with Crippen molar-refractivity contribution in [2.45, 2.75) is 50.6 Å². The van der Waals surface area contributed by atoms with Crippen molar-refractivity contribution < 1.29 is 9.53 Å². The number of fused-ring (bicyclic) bond motifs is 1. The summed E-state index contributed by atoms with van der Waals surface area (Å²) in [5.41, 5.74) is 1.13. The van der Waals surface area contributed by atoms with Crippen LogP contribution in [0.25, 0.3) is 0 Å². The topological polar surface area (TPSA) is 47.4 Å². The normalized spacial score (nSPS) is 25.7. The maximum Gasteiger partial charge on any atom is 0.236 e. The third-order valence-corrected chi connectivity index (χ3v) is 5.62. The molecule has 2 aliphatic rings. The van der Waals surface area contributed by atoms with E-state index in [1.54, 1.807) is 11.8 Å². The van der Waals surface area contributed by atoms with Gasteiger partial charge in [0, 0.05) is 19.3 Å². The smallest absolute Gasteiger partial charge is 0.236 e. The van der Waals surface area contributed by atoms with Gasteiger partial charge in [-0.3, -0.25) is 9.48 Å². The van der Waals surface area contributed by atoms with E-state index in [0.29, 0.717) is 19.8 Å². The molecule has 2 atom stereocenters. The van der Waals surface area contributed by atoms with Crippen LogP contribution in [0.5, 0.6) is 0 Å². The van der Waals surface area contributed by atoms with E-state index in [-0.39, 0.29) is 17.2 Å². The quantitative estimate of drug-likeness (QED) is 0.852. The van der Waals surface area contributed by atoms with Crippen LogP contribution < -0.4 is 0 Å². The fourth-order valence-electron chi connectivity index (χ4n) is 3.07. The van der Waals surface area contributed by atoms with E-state index in [1.807, 2.05) is 28.8 Å². The third-order valence-electron chi connectivity index (χ3n) is 4.25. The second-order valence-electron chi connectivity index (χ2n) is 5.62. The molecule has 1 saturated heterocycles. The van der Waals surface area contributed by atoms with Crippen molar-refractivity contribution in [2.75, 3.05) is 19.0 Å². The molecule has 2 aliphatic heterocycles. The highest BCUT2D eigenvalue weighted by atomic mass is 32.2. The van der Waals surface area contributed by atoms with Gasteiger partial charge in [-0.05, 0) is 38.0 Å². The lowest BCUT2D eigenvalue weighted by Gasteiger charge is -2.31. The van der Waals surface area contributed by atoms with Crippen molar-refractivity contribution in [3.05, 3.63) is 18.0 Å². The molecule has 3 heterocycles.